The zero-order valence-corrected chi connectivity index (χ0v) is 12.0. The summed E-state index contributed by atoms with van der Waals surface area (Å²) in [6.45, 7) is 1.95. The van der Waals surface area contributed by atoms with Gasteiger partial charge >= 0.3 is 0 Å². The first-order chi connectivity index (χ1) is 9.31. The van der Waals surface area contributed by atoms with Crippen LogP contribution in [0.25, 0.3) is 0 Å². The van der Waals surface area contributed by atoms with Gasteiger partial charge in [-0.05, 0) is 39.5 Å². The number of benzene rings is 1. The number of hydrogen-bond acceptors (Lipinski definition) is 3. The average Bonchev–Trinajstić information content (AvgIpc) is 2.44. The SMILES string of the molecule is Brc1cnc2c(c1)NCC1Cc3ccccc3CN21. The van der Waals surface area contributed by atoms with Crippen LogP contribution < -0.4 is 10.2 Å². The van der Waals surface area contributed by atoms with Gasteiger partial charge < -0.3 is 10.2 Å². The number of fused-ring (bicyclic) bond motifs is 4. The predicted molar refractivity (Wildman–Crippen MR) is 80.5 cm³/mol. The normalized spacial score (nSPS) is 20.1. The molecule has 1 atom stereocenters. The molecule has 0 saturated heterocycles. The summed E-state index contributed by atoms with van der Waals surface area (Å²) in [5.74, 6) is 1.08. The lowest BCUT2D eigenvalue weighted by Gasteiger charge is -2.42. The first-order valence-electron chi connectivity index (χ1n) is 6.54. The zero-order valence-electron chi connectivity index (χ0n) is 10.4. The molecule has 19 heavy (non-hydrogen) atoms. The Kier molecular flexibility index (Phi) is 2.52. The van der Waals surface area contributed by atoms with Gasteiger partial charge in [0.05, 0.1) is 11.7 Å². The van der Waals surface area contributed by atoms with Crippen molar-refractivity contribution in [3.8, 4) is 0 Å². The number of aromatic nitrogens is 1. The lowest BCUT2D eigenvalue weighted by Crippen LogP contribution is -2.48. The summed E-state index contributed by atoms with van der Waals surface area (Å²) in [7, 11) is 0. The Hall–Kier alpha value is -1.55. The quantitative estimate of drug-likeness (QED) is 0.809. The Morgan fingerprint density at radius 1 is 1.26 bits per heavy atom. The Morgan fingerprint density at radius 3 is 3.00 bits per heavy atom. The van der Waals surface area contributed by atoms with E-state index in [0.29, 0.717) is 6.04 Å². The fourth-order valence-corrected chi connectivity index (χ4v) is 3.37. The van der Waals surface area contributed by atoms with Gasteiger partial charge in [0.25, 0.3) is 0 Å². The van der Waals surface area contributed by atoms with E-state index >= 15 is 0 Å². The van der Waals surface area contributed by atoms with Crippen molar-refractivity contribution in [3.05, 3.63) is 52.1 Å². The summed E-state index contributed by atoms with van der Waals surface area (Å²) in [6.07, 6.45) is 2.98. The molecule has 3 nitrogen and oxygen atoms in total. The van der Waals surface area contributed by atoms with Crippen molar-refractivity contribution < 1.29 is 0 Å². The van der Waals surface area contributed by atoms with E-state index in [9.17, 15) is 0 Å². The average molecular weight is 316 g/mol. The second kappa shape index (κ2) is 4.23. The molecule has 3 heterocycles. The maximum Gasteiger partial charge on any atom is 0.152 e. The molecule has 0 spiro atoms. The molecule has 96 valence electrons. The van der Waals surface area contributed by atoms with E-state index in [4.69, 9.17) is 0 Å². The monoisotopic (exact) mass is 315 g/mol. The first kappa shape index (κ1) is 11.3. The molecule has 0 saturated carbocycles. The fourth-order valence-electron chi connectivity index (χ4n) is 3.04. The highest BCUT2D eigenvalue weighted by Crippen LogP contribution is 2.36. The minimum atomic E-state index is 0.510. The van der Waals surface area contributed by atoms with E-state index in [1.807, 2.05) is 6.20 Å². The van der Waals surface area contributed by atoms with E-state index < -0.39 is 0 Å². The number of halogens is 1. The zero-order chi connectivity index (χ0) is 12.8. The van der Waals surface area contributed by atoms with Gasteiger partial charge in [-0.25, -0.2) is 4.98 Å². The van der Waals surface area contributed by atoms with Crippen molar-refractivity contribution in [1.82, 2.24) is 4.98 Å². The van der Waals surface area contributed by atoms with Crippen LogP contribution in [-0.4, -0.2) is 17.6 Å². The minimum absolute atomic E-state index is 0.510. The van der Waals surface area contributed by atoms with Crippen molar-refractivity contribution in [1.29, 1.82) is 0 Å². The molecule has 1 unspecified atom stereocenters. The highest BCUT2D eigenvalue weighted by atomic mass is 79.9. The van der Waals surface area contributed by atoms with Crippen LogP contribution >= 0.6 is 15.9 Å². The standard InChI is InChI=1S/C15H14BrN3/c16-12-6-14-15(18-7-12)19-9-11-4-2-1-3-10(11)5-13(19)8-17-14/h1-4,6-7,13,17H,5,8-9H2. The second-order valence-corrected chi connectivity index (χ2v) is 6.08. The van der Waals surface area contributed by atoms with Crippen molar-refractivity contribution in [2.75, 3.05) is 16.8 Å². The van der Waals surface area contributed by atoms with Crippen LogP contribution in [0.5, 0.6) is 0 Å². The van der Waals surface area contributed by atoms with Gasteiger partial charge in [0.1, 0.15) is 0 Å². The van der Waals surface area contributed by atoms with Gasteiger partial charge in [-0.3, -0.25) is 0 Å². The predicted octanol–water partition coefficient (Wildman–Crippen LogP) is 3.20. The molecule has 0 radical (unpaired) electrons. The molecular formula is C15H14BrN3. The highest BCUT2D eigenvalue weighted by molar-refractivity contribution is 9.10. The maximum atomic E-state index is 4.59. The third kappa shape index (κ3) is 1.82. The van der Waals surface area contributed by atoms with Crippen molar-refractivity contribution in [3.63, 3.8) is 0 Å². The minimum Gasteiger partial charge on any atom is -0.380 e. The van der Waals surface area contributed by atoms with Gasteiger partial charge in [0.15, 0.2) is 5.82 Å². The molecule has 2 aliphatic rings. The second-order valence-electron chi connectivity index (χ2n) is 5.16. The maximum absolute atomic E-state index is 4.59. The number of anilines is 2. The van der Waals surface area contributed by atoms with E-state index in [2.05, 4.69) is 61.5 Å². The van der Waals surface area contributed by atoms with Gasteiger partial charge in [-0.1, -0.05) is 24.3 Å². The number of pyridine rings is 1. The number of rotatable bonds is 0. The molecule has 4 rings (SSSR count). The van der Waals surface area contributed by atoms with E-state index in [1.54, 1.807) is 0 Å². The van der Waals surface area contributed by atoms with Crippen molar-refractivity contribution in [2.24, 2.45) is 0 Å². The van der Waals surface area contributed by atoms with Crippen molar-refractivity contribution >= 4 is 27.4 Å². The van der Waals surface area contributed by atoms with Crippen LogP contribution in [0.2, 0.25) is 0 Å². The fraction of sp³-hybridized carbons (Fsp3) is 0.267. The van der Waals surface area contributed by atoms with Crippen LogP contribution in [0.1, 0.15) is 11.1 Å². The number of nitrogens with zero attached hydrogens (tertiary/aromatic N) is 2. The van der Waals surface area contributed by atoms with Crippen LogP contribution in [0.15, 0.2) is 41.0 Å². The first-order valence-corrected chi connectivity index (χ1v) is 7.33. The van der Waals surface area contributed by atoms with Gasteiger partial charge in [-0.15, -0.1) is 0 Å². The third-order valence-corrected chi connectivity index (χ3v) is 4.42. The molecular weight excluding hydrogens is 302 g/mol. The third-order valence-electron chi connectivity index (χ3n) is 3.99. The van der Waals surface area contributed by atoms with Gasteiger partial charge in [0.2, 0.25) is 0 Å². The Morgan fingerprint density at radius 2 is 2.11 bits per heavy atom. The van der Waals surface area contributed by atoms with Crippen LogP contribution in [-0.2, 0) is 13.0 Å². The van der Waals surface area contributed by atoms with E-state index in [0.717, 1.165) is 35.5 Å². The van der Waals surface area contributed by atoms with Crippen LogP contribution in [0.3, 0.4) is 0 Å². The van der Waals surface area contributed by atoms with Gasteiger partial charge in [-0.2, -0.15) is 0 Å². The molecule has 1 aromatic heterocycles. The van der Waals surface area contributed by atoms with E-state index in [1.165, 1.54) is 11.1 Å². The molecule has 1 aromatic carbocycles. The smallest absolute Gasteiger partial charge is 0.152 e. The summed E-state index contributed by atoms with van der Waals surface area (Å²) < 4.78 is 1.02. The molecule has 1 N–H and O–H groups in total. The molecule has 2 aliphatic heterocycles. The molecule has 0 bridgehead atoms. The molecule has 4 heteroatoms. The summed E-state index contributed by atoms with van der Waals surface area (Å²) in [5.41, 5.74) is 4.03. The van der Waals surface area contributed by atoms with Crippen LogP contribution in [0, 0.1) is 0 Å². The number of nitrogens with one attached hydrogen (secondary N) is 1. The summed E-state index contributed by atoms with van der Waals surface area (Å²) >= 11 is 3.48. The topological polar surface area (TPSA) is 28.2 Å². The van der Waals surface area contributed by atoms with E-state index in [-0.39, 0.29) is 0 Å². The van der Waals surface area contributed by atoms with Crippen molar-refractivity contribution in [2.45, 2.75) is 19.0 Å². The van der Waals surface area contributed by atoms with Crippen LogP contribution in [0.4, 0.5) is 11.5 Å². The summed E-state index contributed by atoms with van der Waals surface area (Å²) in [6, 6.07) is 11.4. The lowest BCUT2D eigenvalue weighted by atomic mass is 9.92. The Bertz CT molecular complexity index is 641. The molecule has 0 aliphatic carbocycles. The highest BCUT2D eigenvalue weighted by Gasteiger charge is 2.31. The van der Waals surface area contributed by atoms with Gasteiger partial charge in [0, 0.05) is 23.8 Å². The summed E-state index contributed by atoms with van der Waals surface area (Å²) in [5, 5.41) is 3.50. The lowest BCUT2D eigenvalue weighted by molar-refractivity contribution is 0.556. The molecule has 0 amide bonds. The Balaban J connectivity index is 1.78. The summed E-state index contributed by atoms with van der Waals surface area (Å²) in [4.78, 5) is 7.02. The molecule has 2 aromatic rings. The number of hydrogen-bond donors (Lipinski definition) is 1. The largest absolute Gasteiger partial charge is 0.380 e. The Labute approximate surface area is 120 Å². The molecule has 0 fully saturated rings.